The van der Waals surface area contributed by atoms with Crippen LogP contribution in [0.5, 0.6) is 0 Å². The van der Waals surface area contributed by atoms with Gasteiger partial charge in [0.25, 0.3) is 0 Å². The third-order valence-electron chi connectivity index (χ3n) is 3.21. The molecule has 0 aromatic carbocycles. The third-order valence-corrected chi connectivity index (χ3v) is 3.21. The Morgan fingerprint density at radius 2 is 1.87 bits per heavy atom. The molecule has 0 saturated heterocycles. The largest absolute Gasteiger partial charge is 0.360 e. The Balaban J connectivity index is 2.61. The van der Waals surface area contributed by atoms with E-state index in [1.165, 1.54) is 25.7 Å². The van der Waals surface area contributed by atoms with Crippen LogP contribution >= 0.6 is 0 Å². The lowest BCUT2D eigenvalue weighted by Gasteiger charge is -2.36. The molecule has 0 heterocycles. The summed E-state index contributed by atoms with van der Waals surface area (Å²) in [5, 5.41) is 0. The van der Waals surface area contributed by atoms with Gasteiger partial charge in [-0.1, -0.05) is 32.1 Å². The lowest BCUT2D eigenvalue weighted by Crippen LogP contribution is -2.36. The second-order valence-corrected chi connectivity index (χ2v) is 5.74. The van der Waals surface area contributed by atoms with Crippen molar-refractivity contribution in [2.45, 2.75) is 65.1 Å². The van der Waals surface area contributed by atoms with Crippen LogP contribution in [0.2, 0.25) is 0 Å². The van der Waals surface area contributed by atoms with E-state index < -0.39 is 0 Å². The molecule has 1 fully saturated rings. The fourth-order valence-corrected chi connectivity index (χ4v) is 2.42. The molecule has 0 amide bonds. The summed E-state index contributed by atoms with van der Waals surface area (Å²) in [5.74, 6) is 4.11. The molecule has 0 aromatic rings. The van der Waals surface area contributed by atoms with Crippen LogP contribution in [0.4, 0.5) is 0 Å². The van der Waals surface area contributed by atoms with Crippen LogP contribution in [0.1, 0.15) is 53.4 Å². The van der Waals surface area contributed by atoms with Gasteiger partial charge in [-0.2, -0.15) is 0 Å². The van der Waals surface area contributed by atoms with Gasteiger partial charge in [0.1, 0.15) is 6.10 Å². The average molecular weight is 208 g/mol. The molecule has 15 heavy (non-hydrogen) atoms. The molecule has 0 spiro atoms. The summed E-state index contributed by atoms with van der Waals surface area (Å²) in [6.45, 7) is 8.53. The van der Waals surface area contributed by atoms with Gasteiger partial charge in [0.15, 0.2) is 0 Å². The summed E-state index contributed by atoms with van der Waals surface area (Å²) < 4.78 is 5.96. The molecule has 1 saturated carbocycles. The second kappa shape index (κ2) is 5.03. The monoisotopic (exact) mass is 208 g/mol. The molecule has 3 unspecified atom stereocenters. The van der Waals surface area contributed by atoms with Gasteiger partial charge in [-0.05, 0) is 39.0 Å². The minimum Gasteiger partial charge on any atom is -0.360 e. The first-order valence-corrected chi connectivity index (χ1v) is 6.08. The summed E-state index contributed by atoms with van der Waals surface area (Å²) in [4.78, 5) is 0. The van der Waals surface area contributed by atoms with Crippen molar-refractivity contribution in [1.29, 1.82) is 0 Å². The molecule has 0 radical (unpaired) electrons. The Morgan fingerprint density at radius 1 is 1.27 bits per heavy atom. The van der Waals surface area contributed by atoms with Crippen LogP contribution in [0, 0.1) is 24.2 Å². The zero-order valence-corrected chi connectivity index (χ0v) is 10.5. The van der Waals surface area contributed by atoms with Gasteiger partial charge >= 0.3 is 0 Å². The molecule has 1 aliphatic carbocycles. The standard InChI is InChI=1S/C14H24O/c1-6-13(15-14(3,4)5)12-10-8-7-9-11(12)2/h1,11-13H,7-10H2,2-5H3. The summed E-state index contributed by atoms with van der Waals surface area (Å²) in [5.41, 5.74) is -0.131. The van der Waals surface area contributed by atoms with Gasteiger partial charge in [-0.25, -0.2) is 0 Å². The Morgan fingerprint density at radius 3 is 2.33 bits per heavy atom. The summed E-state index contributed by atoms with van der Waals surface area (Å²) >= 11 is 0. The highest BCUT2D eigenvalue weighted by atomic mass is 16.5. The first-order valence-electron chi connectivity index (χ1n) is 6.08. The topological polar surface area (TPSA) is 9.23 Å². The Labute approximate surface area is 94.6 Å². The number of hydrogen-bond acceptors (Lipinski definition) is 1. The van der Waals surface area contributed by atoms with Crippen LogP contribution in [0.15, 0.2) is 0 Å². The van der Waals surface area contributed by atoms with E-state index in [0.717, 1.165) is 0 Å². The van der Waals surface area contributed by atoms with Crippen molar-refractivity contribution in [3.8, 4) is 12.3 Å². The quantitative estimate of drug-likeness (QED) is 0.630. The fraction of sp³-hybridized carbons (Fsp3) is 0.857. The van der Waals surface area contributed by atoms with Gasteiger partial charge < -0.3 is 4.74 Å². The van der Waals surface area contributed by atoms with Gasteiger partial charge in [0.2, 0.25) is 0 Å². The van der Waals surface area contributed by atoms with E-state index in [0.29, 0.717) is 11.8 Å². The van der Waals surface area contributed by atoms with E-state index >= 15 is 0 Å². The first-order chi connectivity index (χ1) is 6.94. The maximum atomic E-state index is 5.96. The summed E-state index contributed by atoms with van der Waals surface area (Å²) in [6, 6.07) is 0. The fourth-order valence-electron chi connectivity index (χ4n) is 2.42. The van der Waals surface area contributed by atoms with E-state index in [9.17, 15) is 0 Å². The predicted octanol–water partition coefficient (Wildman–Crippen LogP) is 3.63. The van der Waals surface area contributed by atoms with E-state index in [4.69, 9.17) is 11.2 Å². The van der Waals surface area contributed by atoms with Gasteiger partial charge in [0, 0.05) is 0 Å². The van der Waals surface area contributed by atoms with Crippen molar-refractivity contribution in [1.82, 2.24) is 0 Å². The SMILES string of the molecule is C#CC(OC(C)(C)C)C1CCCCC1C. The molecule has 0 aliphatic heterocycles. The van der Waals surface area contributed by atoms with Crippen LogP contribution < -0.4 is 0 Å². The zero-order chi connectivity index (χ0) is 11.5. The van der Waals surface area contributed by atoms with Gasteiger partial charge in [-0.3, -0.25) is 0 Å². The summed E-state index contributed by atoms with van der Waals surface area (Å²) in [7, 11) is 0. The molecular weight excluding hydrogens is 184 g/mol. The van der Waals surface area contributed by atoms with Crippen molar-refractivity contribution in [2.75, 3.05) is 0 Å². The van der Waals surface area contributed by atoms with E-state index in [1.54, 1.807) is 0 Å². The molecular formula is C14H24O. The molecule has 1 rings (SSSR count). The van der Waals surface area contributed by atoms with E-state index in [2.05, 4.69) is 33.6 Å². The highest BCUT2D eigenvalue weighted by Crippen LogP contribution is 2.34. The molecule has 1 heteroatoms. The average Bonchev–Trinajstić information content (AvgIpc) is 2.14. The maximum Gasteiger partial charge on any atom is 0.121 e. The summed E-state index contributed by atoms with van der Waals surface area (Å²) in [6.07, 6.45) is 10.8. The molecule has 0 aromatic heterocycles. The van der Waals surface area contributed by atoms with Crippen molar-refractivity contribution in [2.24, 2.45) is 11.8 Å². The van der Waals surface area contributed by atoms with Crippen molar-refractivity contribution in [3.05, 3.63) is 0 Å². The minimum atomic E-state index is -0.131. The van der Waals surface area contributed by atoms with Crippen LogP contribution in [-0.2, 0) is 4.74 Å². The lowest BCUT2D eigenvalue weighted by molar-refractivity contribution is -0.0727. The van der Waals surface area contributed by atoms with E-state index in [-0.39, 0.29) is 11.7 Å². The van der Waals surface area contributed by atoms with Crippen LogP contribution in [0.25, 0.3) is 0 Å². The van der Waals surface area contributed by atoms with Gasteiger partial charge in [-0.15, -0.1) is 6.42 Å². The number of terminal acetylenes is 1. The van der Waals surface area contributed by atoms with Crippen LogP contribution in [-0.4, -0.2) is 11.7 Å². The maximum absolute atomic E-state index is 5.96. The highest BCUT2D eigenvalue weighted by Gasteiger charge is 2.31. The molecule has 3 atom stereocenters. The third kappa shape index (κ3) is 3.87. The molecule has 0 N–H and O–H groups in total. The second-order valence-electron chi connectivity index (χ2n) is 5.74. The van der Waals surface area contributed by atoms with Crippen LogP contribution in [0.3, 0.4) is 0 Å². The molecule has 0 bridgehead atoms. The lowest BCUT2D eigenvalue weighted by atomic mass is 9.77. The van der Waals surface area contributed by atoms with Crippen molar-refractivity contribution in [3.63, 3.8) is 0 Å². The van der Waals surface area contributed by atoms with Gasteiger partial charge in [0.05, 0.1) is 5.60 Å². The Hall–Kier alpha value is -0.480. The smallest absolute Gasteiger partial charge is 0.121 e. The molecule has 1 aliphatic rings. The van der Waals surface area contributed by atoms with Crippen molar-refractivity contribution < 1.29 is 4.74 Å². The molecule has 86 valence electrons. The Bertz CT molecular complexity index is 231. The number of rotatable bonds is 2. The van der Waals surface area contributed by atoms with Crippen molar-refractivity contribution >= 4 is 0 Å². The van der Waals surface area contributed by atoms with E-state index in [1.807, 2.05) is 0 Å². The predicted molar refractivity (Wildman–Crippen MR) is 64.6 cm³/mol. The zero-order valence-electron chi connectivity index (χ0n) is 10.5. The minimum absolute atomic E-state index is 0.000278. The normalized spacial score (nSPS) is 29.5. The molecule has 1 nitrogen and oxygen atoms in total. The first kappa shape index (κ1) is 12.6. The number of ether oxygens (including phenoxy) is 1. The number of hydrogen-bond donors (Lipinski definition) is 0. The Kier molecular flexibility index (Phi) is 4.22. The highest BCUT2D eigenvalue weighted by molar-refractivity contribution is 5.01.